The molecule has 1 N–H and O–H groups in total. The summed E-state index contributed by atoms with van der Waals surface area (Å²) in [5, 5.41) is 10.4. The number of nitrogens with zero attached hydrogens (tertiary/aromatic N) is 1. The molecule has 5 nitrogen and oxygen atoms in total. The monoisotopic (exact) mass is 377 g/mol. The molecule has 1 aromatic carbocycles. The highest BCUT2D eigenvalue weighted by Gasteiger charge is 2.46. The Balaban J connectivity index is 2.41. The van der Waals surface area contributed by atoms with Crippen LogP contribution in [0.15, 0.2) is 35.6 Å². The van der Waals surface area contributed by atoms with Gasteiger partial charge in [0, 0.05) is 24.1 Å². The van der Waals surface area contributed by atoms with Gasteiger partial charge in [-0.1, -0.05) is 39.0 Å². The van der Waals surface area contributed by atoms with E-state index in [1.54, 1.807) is 39.0 Å². The zero-order valence-electron chi connectivity index (χ0n) is 16.6. The minimum atomic E-state index is -0.940. The lowest BCUT2D eigenvalue weighted by molar-refractivity contribution is -0.129. The molecule has 0 radical (unpaired) electrons. The first-order valence-electron chi connectivity index (χ1n) is 9.20. The Morgan fingerprint density at radius 3 is 2.48 bits per heavy atom. The summed E-state index contributed by atoms with van der Waals surface area (Å²) < 4.78 is 20.0. The molecule has 6 heteroatoms. The number of carbonyl (C=O) groups is 2. The van der Waals surface area contributed by atoms with Crippen LogP contribution < -0.4 is 0 Å². The Kier molecular flexibility index (Phi) is 6.42. The zero-order chi connectivity index (χ0) is 20.4. The first kappa shape index (κ1) is 21.1. The second-order valence-corrected chi connectivity index (χ2v) is 8.04. The minimum absolute atomic E-state index is 0.0395. The maximum absolute atomic E-state index is 14.5. The van der Waals surface area contributed by atoms with Crippen LogP contribution in [-0.2, 0) is 14.3 Å². The van der Waals surface area contributed by atoms with Crippen LogP contribution in [0.1, 0.15) is 52.6 Å². The number of aliphatic hydroxyl groups is 1. The zero-order valence-corrected chi connectivity index (χ0v) is 16.6. The van der Waals surface area contributed by atoms with Crippen molar-refractivity contribution in [1.82, 2.24) is 4.90 Å². The number of carbonyl (C=O) groups excluding carboxylic acids is 2. The van der Waals surface area contributed by atoms with Gasteiger partial charge in [-0.15, -0.1) is 0 Å². The topological polar surface area (TPSA) is 66.8 Å². The van der Waals surface area contributed by atoms with E-state index in [-0.39, 0.29) is 29.6 Å². The lowest BCUT2D eigenvalue weighted by Gasteiger charge is -2.29. The summed E-state index contributed by atoms with van der Waals surface area (Å²) in [5.41, 5.74) is -0.654. The Bertz CT molecular complexity index is 749. The number of ether oxygens (including phenoxy) is 1. The molecule has 0 saturated heterocycles. The van der Waals surface area contributed by atoms with E-state index in [9.17, 15) is 19.1 Å². The van der Waals surface area contributed by atoms with Crippen LogP contribution in [0, 0.1) is 11.2 Å². The van der Waals surface area contributed by atoms with Gasteiger partial charge < -0.3 is 14.7 Å². The van der Waals surface area contributed by atoms with Gasteiger partial charge in [0.1, 0.15) is 5.82 Å². The Morgan fingerprint density at radius 1 is 1.30 bits per heavy atom. The first-order chi connectivity index (χ1) is 12.6. The maximum Gasteiger partial charge on any atom is 0.290 e. The van der Waals surface area contributed by atoms with Crippen LogP contribution >= 0.6 is 0 Å². The Hall–Kier alpha value is -2.21. The molecular weight excluding hydrogens is 349 g/mol. The molecule has 0 aliphatic carbocycles. The number of hydrogen-bond acceptors (Lipinski definition) is 4. The van der Waals surface area contributed by atoms with Crippen molar-refractivity contribution < 1.29 is 23.8 Å². The van der Waals surface area contributed by atoms with Crippen molar-refractivity contribution >= 4 is 11.7 Å². The van der Waals surface area contributed by atoms with Crippen molar-refractivity contribution in [1.29, 1.82) is 0 Å². The summed E-state index contributed by atoms with van der Waals surface area (Å²) in [6.45, 7) is 9.62. The molecule has 1 unspecified atom stereocenters. The molecule has 1 amide bonds. The average molecular weight is 377 g/mol. The van der Waals surface area contributed by atoms with E-state index in [1.165, 1.54) is 11.0 Å². The average Bonchev–Trinajstić information content (AvgIpc) is 2.82. The van der Waals surface area contributed by atoms with Gasteiger partial charge >= 0.3 is 0 Å². The third-order valence-corrected chi connectivity index (χ3v) is 4.42. The summed E-state index contributed by atoms with van der Waals surface area (Å²) in [5.74, 6) is -2.14. The fourth-order valence-electron chi connectivity index (χ4n) is 3.09. The van der Waals surface area contributed by atoms with Gasteiger partial charge in [0.2, 0.25) is 0 Å². The second-order valence-electron chi connectivity index (χ2n) is 8.04. The highest BCUT2D eigenvalue weighted by atomic mass is 19.1. The lowest BCUT2D eigenvalue weighted by atomic mass is 9.82. The summed E-state index contributed by atoms with van der Waals surface area (Å²) in [7, 11) is 0. The van der Waals surface area contributed by atoms with Gasteiger partial charge in [-0.25, -0.2) is 4.39 Å². The van der Waals surface area contributed by atoms with Gasteiger partial charge in [-0.3, -0.25) is 9.59 Å². The summed E-state index contributed by atoms with van der Waals surface area (Å²) in [6, 6.07) is 5.08. The Labute approximate surface area is 159 Å². The quantitative estimate of drug-likeness (QED) is 0.731. The minimum Gasteiger partial charge on any atom is -0.503 e. The second kappa shape index (κ2) is 8.21. The maximum atomic E-state index is 14.5. The van der Waals surface area contributed by atoms with Gasteiger partial charge in [0.15, 0.2) is 11.5 Å². The van der Waals surface area contributed by atoms with Crippen molar-refractivity contribution in [3.05, 3.63) is 47.0 Å². The number of amides is 1. The van der Waals surface area contributed by atoms with Gasteiger partial charge in [-0.2, -0.15) is 0 Å². The summed E-state index contributed by atoms with van der Waals surface area (Å²) in [4.78, 5) is 27.0. The highest BCUT2D eigenvalue weighted by Crippen LogP contribution is 2.41. The van der Waals surface area contributed by atoms with Crippen LogP contribution in [0.25, 0.3) is 0 Å². The molecular formula is C21H28FNO4. The fraction of sp³-hybridized carbons (Fsp3) is 0.524. The number of hydrogen-bond donors (Lipinski definition) is 1. The first-order valence-corrected chi connectivity index (χ1v) is 9.20. The van der Waals surface area contributed by atoms with Crippen LogP contribution in [0.2, 0.25) is 0 Å². The van der Waals surface area contributed by atoms with Gasteiger partial charge in [0.05, 0.1) is 17.7 Å². The van der Waals surface area contributed by atoms with Crippen molar-refractivity contribution in [2.24, 2.45) is 5.41 Å². The highest BCUT2D eigenvalue weighted by molar-refractivity contribution is 6.10. The molecule has 1 atom stereocenters. The molecule has 0 spiro atoms. The van der Waals surface area contributed by atoms with E-state index in [0.29, 0.717) is 13.0 Å². The number of ketones is 1. The van der Waals surface area contributed by atoms with Crippen LogP contribution in [0.4, 0.5) is 4.39 Å². The van der Waals surface area contributed by atoms with E-state index >= 15 is 0 Å². The molecule has 1 aromatic rings. The lowest BCUT2D eigenvalue weighted by Crippen LogP contribution is -2.34. The predicted molar refractivity (Wildman–Crippen MR) is 101 cm³/mol. The molecule has 27 heavy (non-hydrogen) atoms. The van der Waals surface area contributed by atoms with E-state index in [2.05, 4.69) is 0 Å². The number of aliphatic hydroxyl groups excluding tert-OH is 1. The van der Waals surface area contributed by atoms with Crippen molar-refractivity contribution in [2.45, 2.75) is 53.2 Å². The normalized spacial score (nSPS) is 18.0. The SMILES string of the molecule is CC(C)OCCCN1C(=O)C(O)=C(C(=O)C(C)(C)C)C1c1ccccc1F. The molecule has 0 saturated carbocycles. The van der Waals surface area contributed by atoms with E-state index in [4.69, 9.17) is 4.74 Å². The van der Waals surface area contributed by atoms with Crippen molar-refractivity contribution in [2.75, 3.05) is 13.2 Å². The van der Waals surface area contributed by atoms with Crippen LogP contribution in [0.5, 0.6) is 0 Å². The van der Waals surface area contributed by atoms with Crippen LogP contribution in [0.3, 0.4) is 0 Å². The van der Waals surface area contributed by atoms with Gasteiger partial charge in [0.25, 0.3) is 5.91 Å². The van der Waals surface area contributed by atoms with E-state index in [1.807, 2.05) is 13.8 Å². The molecule has 0 fully saturated rings. The largest absolute Gasteiger partial charge is 0.503 e. The van der Waals surface area contributed by atoms with Crippen molar-refractivity contribution in [3.63, 3.8) is 0 Å². The van der Waals surface area contributed by atoms with Gasteiger partial charge in [-0.05, 0) is 26.3 Å². The number of rotatable bonds is 7. The van der Waals surface area contributed by atoms with E-state index < -0.39 is 28.9 Å². The molecule has 148 valence electrons. The van der Waals surface area contributed by atoms with E-state index in [0.717, 1.165) is 0 Å². The van der Waals surface area contributed by atoms with Crippen molar-refractivity contribution in [3.8, 4) is 0 Å². The predicted octanol–water partition coefficient (Wildman–Crippen LogP) is 3.95. The molecule has 1 aliphatic rings. The molecule has 0 bridgehead atoms. The molecule has 2 rings (SSSR count). The molecule has 0 aromatic heterocycles. The Morgan fingerprint density at radius 2 is 1.93 bits per heavy atom. The molecule has 1 heterocycles. The smallest absolute Gasteiger partial charge is 0.290 e. The number of benzene rings is 1. The number of halogens is 1. The number of Topliss-reactive ketones (excluding diaryl/α,β-unsaturated/α-hetero) is 1. The fourth-order valence-corrected chi connectivity index (χ4v) is 3.09. The summed E-state index contributed by atoms with van der Waals surface area (Å²) >= 11 is 0. The van der Waals surface area contributed by atoms with Crippen LogP contribution in [-0.4, -0.2) is 41.0 Å². The standard InChI is InChI=1S/C21H28FNO4/c1-13(2)27-12-8-11-23-17(14-9-6-7-10-15(14)22)16(18(24)20(23)26)19(25)21(3,4)5/h6-7,9-10,13,17,24H,8,11-12H2,1-5H3. The third-order valence-electron chi connectivity index (χ3n) is 4.42. The third kappa shape index (κ3) is 4.56. The molecule has 1 aliphatic heterocycles. The summed E-state index contributed by atoms with van der Waals surface area (Å²) in [6.07, 6.45) is 0.574.